The maximum absolute atomic E-state index is 12.2. The molecule has 0 nitrogen and oxygen atoms in total. The van der Waals surface area contributed by atoms with Crippen LogP contribution in [0, 0.1) is 0 Å². The van der Waals surface area contributed by atoms with Gasteiger partial charge in [-0.15, -0.1) is 0 Å². The molecule has 0 aliphatic rings. The van der Waals surface area contributed by atoms with E-state index >= 15 is 0 Å². The van der Waals surface area contributed by atoms with Gasteiger partial charge < -0.3 is 0 Å². The van der Waals surface area contributed by atoms with E-state index in [-0.39, 0.29) is 0 Å². The SMILES string of the molecule is FC(F)(F)C(F)(Cl)C(F)(F)C(F)(F)Cl. The lowest BCUT2D eigenvalue weighted by Crippen LogP contribution is -2.58. The van der Waals surface area contributed by atoms with E-state index in [0.717, 1.165) is 0 Å². The molecule has 10 heteroatoms. The van der Waals surface area contributed by atoms with Gasteiger partial charge in [-0.3, -0.25) is 0 Å². The molecule has 0 aliphatic carbocycles. The molecule has 0 rings (SSSR count). The lowest BCUT2D eigenvalue weighted by Gasteiger charge is -2.31. The van der Waals surface area contributed by atoms with Crippen molar-refractivity contribution in [3.05, 3.63) is 0 Å². The van der Waals surface area contributed by atoms with Crippen LogP contribution < -0.4 is 0 Å². The lowest BCUT2D eigenvalue weighted by molar-refractivity contribution is -0.303. The molecule has 0 saturated carbocycles. The zero-order valence-corrected chi connectivity index (χ0v) is 7.29. The van der Waals surface area contributed by atoms with Crippen molar-refractivity contribution in [2.75, 3.05) is 0 Å². The Labute approximate surface area is 81.8 Å². The Balaban J connectivity index is 5.30. The fourth-order valence-corrected chi connectivity index (χ4v) is 0.653. The molecule has 86 valence electrons. The van der Waals surface area contributed by atoms with Gasteiger partial charge in [0.2, 0.25) is 0 Å². The number of halogens is 10. The number of hydrogen-bond acceptors (Lipinski definition) is 0. The molecule has 0 saturated heterocycles. The molecule has 1 atom stereocenters. The summed E-state index contributed by atoms with van der Waals surface area (Å²) >= 11 is 7.29. The highest BCUT2D eigenvalue weighted by Crippen LogP contribution is 2.55. The van der Waals surface area contributed by atoms with Crippen LogP contribution in [-0.2, 0) is 0 Å². The maximum atomic E-state index is 12.2. The van der Waals surface area contributed by atoms with Crippen LogP contribution in [0.3, 0.4) is 0 Å². The van der Waals surface area contributed by atoms with Crippen molar-refractivity contribution in [2.45, 2.75) is 22.6 Å². The molecule has 0 spiro atoms. The summed E-state index contributed by atoms with van der Waals surface area (Å²) in [6.45, 7) is 0. The van der Waals surface area contributed by atoms with E-state index in [1.165, 1.54) is 0 Å². The summed E-state index contributed by atoms with van der Waals surface area (Å²) in [6.07, 6.45) is -6.38. The summed E-state index contributed by atoms with van der Waals surface area (Å²) in [7, 11) is 0. The van der Waals surface area contributed by atoms with E-state index < -0.39 is 22.6 Å². The van der Waals surface area contributed by atoms with Crippen molar-refractivity contribution in [3.8, 4) is 0 Å². The van der Waals surface area contributed by atoms with Crippen LogP contribution in [0.25, 0.3) is 0 Å². The minimum absolute atomic E-state index is 3.61. The summed E-state index contributed by atoms with van der Waals surface area (Å²) in [6, 6.07) is 0. The van der Waals surface area contributed by atoms with Gasteiger partial charge in [0.1, 0.15) is 0 Å². The zero-order valence-electron chi connectivity index (χ0n) is 5.78. The third-order valence-corrected chi connectivity index (χ3v) is 1.80. The molecular formula is C4Cl2F8. The van der Waals surface area contributed by atoms with Crippen LogP contribution >= 0.6 is 23.2 Å². The molecule has 0 radical (unpaired) electrons. The molecule has 1 unspecified atom stereocenters. The quantitative estimate of drug-likeness (QED) is 0.527. The fourth-order valence-electron chi connectivity index (χ4n) is 0.356. The highest BCUT2D eigenvalue weighted by atomic mass is 35.5. The second-order valence-corrected chi connectivity index (χ2v) is 3.14. The van der Waals surface area contributed by atoms with Crippen LogP contribution in [-0.4, -0.2) is 22.6 Å². The molecule has 0 aromatic rings. The second-order valence-electron chi connectivity index (χ2n) is 2.14. The third kappa shape index (κ3) is 2.00. The van der Waals surface area contributed by atoms with E-state index in [0.29, 0.717) is 0 Å². The summed E-state index contributed by atoms with van der Waals surface area (Å²) in [5.41, 5.74) is 0. The summed E-state index contributed by atoms with van der Waals surface area (Å²) in [5, 5.41) is -11.7. The van der Waals surface area contributed by atoms with E-state index in [9.17, 15) is 35.1 Å². The Kier molecular flexibility index (Phi) is 3.27. The Hall–Kier alpha value is 0.0200. The topological polar surface area (TPSA) is 0 Å². The van der Waals surface area contributed by atoms with Crippen molar-refractivity contribution in [2.24, 2.45) is 0 Å². The number of alkyl halides is 10. The lowest BCUT2D eigenvalue weighted by atomic mass is 10.2. The van der Waals surface area contributed by atoms with Gasteiger partial charge in [-0.1, -0.05) is 11.6 Å². The van der Waals surface area contributed by atoms with Gasteiger partial charge in [0, 0.05) is 0 Å². The highest BCUT2D eigenvalue weighted by Gasteiger charge is 2.79. The van der Waals surface area contributed by atoms with Gasteiger partial charge >= 0.3 is 22.6 Å². The van der Waals surface area contributed by atoms with Crippen LogP contribution in [0.1, 0.15) is 0 Å². The first kappa shape index (κ1) is 14.0. The minimum atomic E-state index is -6.38. The monoisotopic (exact) mass is 270 g/mol. The van der Waals surface area contributed by atoms with Crippen molar-refractivity contribution in [1.82, 2.24) is 0 Å². The van der Waals surface area contributed by atoms with Crippen LogP contribution in [0.15, 0.2) is 0 Å². The highest BCUT2D eigenvalue weighted by molar-refractivity contribution is 6.27. The smallest absolute Gasteiger partial charge is 0.209 e. The van der Waals surface area contributed by atoms with Gasteiger partial charge in [-0.05, 0) is 11.6 Å². The third-order valence-electron chi connectivity index (χ3n) is 1.11. The standard InChI is InChI=1S/C4Cl2F8/c5-1(7,4(12,13)14)2(8,9)3(6,10)11. The van der Waals surface area contributed by atoms with E-state index in [2.05, 4.69) is 23.2 Å². The first-order chi connectivity index (χ1) is 5.75. The van der Waals surface area contributed by atoms with Crippen molar-refractivity contribution in [1.29, 1.82) is 0 Å². The largest absolute Gasteiger partial charge is 0.443 e. The molecule has 0 aromatic heterocycles. The zero-order chi connectivity index (χ0) is 12.0. The summed E-state index contributed by atoms with van der Waals surface area (Å²) in [5.74, 6) is -6.28. The second kappa shape index (κ2) is 3.26. The first-order valence-electron chi connectivity index (χ1n) is 2.64. The van der Waals surface area contributed by atoms with Gasteiger partial charge in [0.15, 0.2) is 0 Å². The molecule has 0 aromatic carbocycles. The van der Waals surface area contributed by atoms with E-state index in [1.807, 2.05) is 0 Å². The van der Waals surface area contributed by atoms with E-state index in [4.69, 9.17) is 0 Å². The average Bonchev–Trinajstić information content (AvgIpc) is 1.81. The predicted molar refractivity (Wildman–Crippen MR) is 31.5 cm³/mol. The molecule has 0 N–H and O–H groups in total. The first-order valence-corrected chi connectivity index (χ1v) is 3.40. The molecule has 14 heavy (non-hydrogen) atoms. The molecule has 0 fully saturated rings. The fraction of sp³-hybridized carbons (Fsp3) is 1.00. The van der Waals surface area contributed by atoms with Gasteiger partial charge in [0.05, 0.1) is 0 Å². The van der Waals surface area contributed by atoms with Gasteiger partial charge in [0.25, 0.3) is 0 Å². The Morgan fingerprint density at radius 3 is 1.00 bits per heavy atom. The number of rotatable bonds is 2. The van der Waals surface area contributed by atoms with E-state index in [1.54, 1.807) is 0 Å². The Morgan fingerprint density at radius 2 is 0.929 bits per heavy atom. The molecule has 0 bridgehead atoms. The average molecular weight is 271 g/mol. The minimum Gasteiger partial charge on any atom is -0.209 e. The molecule has 0 aliphatic heterocycles. The molecular weight excluding hydrogens is 271 g/mol. The Morgan fingerprint density at radius 1 is 0.643 bits per heavy atom. The van der Waals surface area contributed by atoms with Crippen LogP contribution in [0.5, 0.6) is 0 Å². The normalized spacial score (nSPS) is 19.3. The maximum Gasteiger partial charge on any atom is 0.443 e. The summed E-state index contributed by atoms with van der Waals surface area (Å²) < 4.78 is 94.3. The van der Waals surface area contributed by atoms with Gasteiger partial charge in [-0.2, -0.15) is 30.7 Å². The van der Waals surface area contributed by atoms with Crippen molar-refractivity contribution in [3.63, 3.8) is 0 Å². The summed E-state index contributed by atoms with van der Waals surface area (Å²) in [4.78, 5) is 0. The van der Waals surface area contributed by atoms with Crippen LogP contribution in [0.4, 0.5) is 35.1 Å². The number of hydrogen-bond donors (Lipinski definition) is 0. The van der Waals surface area contributed by atoms with Crippen molar-refractivity contribution >= 4 is 23.2 Å². The van der Waals surface area contributed by atoms with Crippen molar-refractivity contribution < 1.29 is 35.1 Å². The van der Waals surface area contributed by atoms with Gasteiger partial charge in [-0.25, -0.2) is 4.39 Å². The molecule has 0 amide bonds. The molecule has 0 heterocycles. The predicted octanol–water partition coefficient (Wildman–Crippen LogP) is 3.92. The van der Waals surface area contributed by atoms with Crippen LogP contribution in [0.2, 0.25) is 0 Å². The Bertz CT molecular complexity index is 188.